The van der Waals surface area contributed by atoms with Crippen LogP contribution in [-0.4, -0.2) is 4.57 Å². The van der Waals surface area contributed by atoms with E-state index in [0.29, 0.717) is 5.69 Å². The largest absolute Gasteiger partial charge is 0.394 e. The minimum absolute atomic E-state index is 0.0926. The van der Waals surface area contributed by atoms with Crippen LogP contribution in [0.1, 0.15) is 25.5 Å². The van der Waals surface area contributed by atoms with Crippen molar-refractivity contribution in [3.8, 4) is 0 Å². The lowest BCUT2D eigenvalue weighted by Gasteiger charge is -2.10. The van der Waals surface area contributed by atoms with E-state index in [0.717, 1.165) is 5.56 Å². The van der Waals surface area contributed by atoms with E-state index in [9.17, 15) is 4.79 Å². The van der Waals surface area contributed by atoms with Crippen LogP contribution in [-0.2, 0) is 0 Å². The van der Waals surface area contributed by atoms with Crippen molar-refractivity contribution < 1.29 is 0 Å². The summed E-state index contributed by atoms with van der Waals surface area (Å²) in [5, 5.41) is 0. The summed E-state index contributed by atoms with van der Waals surface area (Å²) in [7, 11) is 0. The topological polar surface area (TPSA) is 48.0 Å². The molecule has 0 spiro atoms. The fraction of sp³-hybridized carbons (Fsp3) is 0.444. The summed E-state index contributed by atoms with van der Waals surface area (Å²) in [5.74, 6) is 0. The summed E-state index contributed by atoms with van der Waals surface area (Å²) >= 11 is 0. The van der Waals surface area contributed by atoms with Crippen LogP contribution in [0.5, 0.6) is 0 Å². The molecule has 0 unspecified atom stereocenters. The normalized spacial score (nSPS) is 10.7. The van der Waals surface area contributed by atoms with Gasteiger partial charge in [-0.1, -0.05) is 0 Å². The molecular weight excluding hydrogens is 152 g/mol. The maximum atomic E-state index is 11.5. The molecule has 1 aromatic heterocycles. The van der Waals surface area contributed by atoms with Crippen LogP contribution in [0, 0.1) is 6.92 Å². The van der Waals surface area contributed by atoms with Crippen LogP contribution in [0.2, 0.25) is 0 Å². The summed E-state index contributed by atoms with van der Waals surface area (Å²) in [6.45, 7) is 5.74. The molecule has 0 aliphatic carbocycles. The lowest BCUT2D eigenvalue weighted by Crippen LogP contribution is -2.24. The van der Waals surface area contributed by atoms with Crippen molar-refractivity contribution in [1.29, 1.82) is 0 Å². The first-order valence-electron chi connectivity index (χ1n) is 4.01. The number of hydrogen-bond donors (Lipinski definition) is 1. The van der Waals surface area contributed by atoms with Gasteiger partial charge in [-0.15, -0.1) is 0 Å². The fourth-order valence-corrected chi connectivity index (χ4v) is 1.06. The maximum absolute atomic E-state index is 11.5. The zero-order chi connectivity index (χ0) is 9.30. The molecule has 12 heavy (non-hydrogen) atoms. The average molecular weight is 166 g/mol. The van der Waals surface area contributed by atoms with Crippen LogP contribution >= 0.6 is 0 Å². The molecule has 0 saturated heterocycles. The van der Waals surface area contributed by atoms with Gasteiger partial charge in [0.05, 0.1) is 0 Å². The first-order valence-corrected chi connectivity index (χ1v) is 4.01. The molecule has 0 amide bonds. The number of anilines is 1. The summed E-state index contributed by atoms with van der Waals surface area (Å²) in [4.78, 5) is 11.5. The predicted octanol–water partition coefficient (Wildman–Crippen LogP) is 1.32. The molecule has 3 heteroatoms. The van der Waals surface area contributed by atoms with Crippen molar-refractivity contribution in [1.82, 2.24) is 4.57 Å². The second-order valence-electron chi connectivity index (χ2n) is 3.22. The molecule has 66 valence electrons. The first kappa shape index (κ1) is 8.84. The Bertz CT molecular complexity index is 339. The van der Waals surface area contributed by atoms with E-state index in [2.05, 4.69) is 0 Å². The molecular formula is C9H14N2O. The van der Waals surface area contributed by atoms with Gasteiger partial charge in [0.25, 0.3) is 5.56 Å². The lowest BCUT2D eigenvalue weighted by molar-refractivity contribution is 0.579. The van der Waals surface area contributed by atoms with Crippen molar-refractivity contribution in [2.75, 3.05) is 5.73 Å². The number of nitrogen functional groups attached to an aromatic ring is 1. The van der Waals surface area contributed by atoms with Crippen molar-refractivity contribution in [3.05, 3.63) is 28.2 Å². The van der Waals surface area contributed by atoms with E-state index in [1.165, 1.54) is 0 Å². The Hall–Kier alpha value is -1.25. The quantitative estimate of drug-likeness (QED) is 0.684. The van der Waals surface area contributed by atoms with Crippen molar-refractivity contribution in [2.45, 2.75) is 26.8 Å². The third-order valence-corrected chi connectivity index (χ3v) is 1.93. The van der Waals surface area contributed by atoms with Gasteiger partial charge < -0.3 is 10.3 Å². The lowest BCUT2D eigenvalue weighted by atomic mass is 10.2. The highest BCUT2D eigenvalue weighted by Gasteiger charge is 2.04. The van der Waals surface area contributed by atoms with E-state index < -0.39 is 0 Å². The highest BCUT2D eigenvalue weighted by Crippen LogP contribution is 2.06. The van der Waals surface area contributed by atoms with E-state index >= 15 is 0 Å². The van der Waals surface area contributed by atoms with E-state index in [4.69, 9.17) is 5.73 Å². The second-order valence-corrected chi connectivity index (χ2v) is 3.22. The standard InChI is InChI=1S/C9H14N2O/c1-6(2)11-5-4-7(3)8(10)9(11)12/h4-6H,10H2,1-3H3. The molecule has 0 aromatic carbocycles. The smallest absolute Gasteiger partial charge is 0.274 e. The monoisotopic (exact) mass is 166 g/mol. The minimum Gasteiger partial charge on any atom is -0.394 e. The highest BCUT2D eigenvalue weighted by molar-refractivity contribution is 5.43. The predicted molar refractivity (Wildman–Crippen MR) is 50.2 cm³/mol. The summed E-state index contributed by atoms with van der Waals surface area (Å²) in [6.07, 6.45) is 1.78. The molecule has 0 aliphatic rings. The Morgan fingerprint density at radius 3 is 2.58 bits per heavy atom. The van der Waals surface area contributed by atoms with Gasteiger partial charge in [0.2, 0.25) is 0 Å². The molecule has 0 aliphatic heterocycles. The zero-order valence-electron chi connectivity index (χ0n) is 7.66. The third-order valence-electron chi connectivity index (χ3n) is 1.93. The Balaban J connectivity index is 3.37. The molecule has 0 radical (unpaired) electrons. The van der Waals surface area contributed by atoms with Gasteiger partial charge in [0, 0.05) is 12.2 Å². The molecule has 1 rings (SSSR count). The van der Waals surface area contributed by atoms with Gasteiger partial charge in [0.1, 0.15) is 5.69 Å². The number of pyridine rings is 1. The molecule has 0 atom stereocenters. The first-order chi connectivity index (χ1) is 5.54. The molecule has 0 fully saturated rings. The number of aromatic nitrogens is 1. The molecule has 0 bridgehead atoms. The molecule has 1 aromatic rings. The number of hydrogen-bond acceptors (Lipinski definition) is 2. The summed E-state index contributed by atoms with van der Waals surface area (Å²) in [6, 6.07) is 2.02. The Morgan fingerprint density at radius 1 is 1.50 bits per heavy atom. The van der Waals surface area contributed by atoms with Crippen LogP contribution in [0.3, 0.4) is 0 Å². The van der Waals surface area contributed by atoms with E-state index in [1.807, 2.05) is 26.8 Å². The van der Waals surface area contributed by atoms with E-state index in [1.54, 1.807) is 10.8 Å². The van der Waals surface area contributed by atoms with Crippen molar-refractivity contribution >= 4 is 5.69 Å². The van der Waals surface area contributed by atoms with Crippen molar-refractivity contribution in [2.24, 2.45) is 0 Å². The molecule has 3 nitrogen and oxygen atoms in total. The van der Waals surface area contributed by atoms with Crippen LogP contribution < -0.4 is 11.3 Å². The van der Waals surface area contributed by atoms with Gasteiger partial charge in [-0.25, -0.2) is 0 Å². The fourth-order valence-electron chi connectivity index (χ4n) is 1.06. The molecule has 1 heterocycles. The minimum atomic E-state index is -0.0926. The SMILES string of the molecule is Cc1ccn(C(C)C)c(=O)c1N. The second kappa shape index (κ2) is 3.01. The Labute approximate surface area is 71.8 Å². The van der Waals surface area contributed by atoms with E-state index in [-0.39, 0.29) is 11.6 Å². The van der Waals surface area contributed by atoms with Gasteiger partial charge >= 0.3 is 0 Å². The summed E-state index contributed by atoms with van der Waals surface area (Å²) in [5.41, 5.74) is 6.69. The van der Waals surface area contributed by atoms with Crippen LogP contribution in [0.25, 0.3) is 0 Å². The number of rotatable bonds is 1. The third kappa shape index (κ3) is 1.35. The van der Waals surface area contributed by atoms with Gasteiger partial charge in [-0.3, -0.25) is 4.79 Å². The Morgan fingerprint density at radius 2 is 2.08 bits per heavy atom. The summed E-state index contributed by atoms with van der Waals surface area (Å²) < 4.78 is 1.63. The van der Waals surface area contributed by atoms with Crippen molar-refractivity contribution in [3.63, 3.8) is 0 Å². The van der Waals surface area contributed by atoms with Gasteiger partial charge in [-0.05, 0) is 32.4 Å². The van der Waals surface area contributed by atoms with Crippen LogP contribution in [0.15, 0.2) is 17.1 Å². The molecule has 2 N–H and O–H groups in total. The Kier molecular flexibility index (Phi) is 2.22. The maximum Gasteiger partial charge on any atom is 0.274 e. The van der Waals surface area contributed by atoms with Gasteiger partial charge in [-0.2, -0.15) is 0 Å². The molecule has 0 saturated carbocycles. The number of nitrogens with zero attached hydrogens (tertiary/aromatic N) is 1. The number of aryl methyl sites for hydroxylation is 1. The van der Waals surface area contributed by atoms with Crippen LogP contribution in [0.4, 0.5) is 5.69 Å². The zero-order valence-corrected chi connectivity index (χ0v) is 7.66. The average Bonchev–Trinajstić information content (AvgIpc) is 2.00. The highest BCUT2D eigenvalue weighted by atomic mass is 16.1. The van der Waals surface area contributed by atoms with Gasteiger partial charge in [0.15, 0.2) is 0 Å². The number of nitrogens with two attached hydrogens (primary N) is 1.